The predicted octanol–water partition coefficient (Wildman–Crippen LogP) is 2.48. The number of carbonyl (C=O) groups excluding carboxylic acids is 1. The fourth-order valence-corrected chi connectivity index (χ4v) is 3.61. The first-order valence-electron chi connectivity index (χ1n) is 8.53. The Hall–Kier alpha value is -1.49. The summed E-state index contributed by atoms with van der Waals surface area (Å²) >= 11 is 0. The Bertz CT molecular complexity index is 581. The fourth-order valence-electron chi connectivity index (χ4n) is 3.61. The molecule has 0 heterocycles. The molecule has 0 saturated carbocycles. The summed E-state index contributed by atoms with van der Waals surface area (Å²) in [5.74, 6) is 0.172. The van der Waals surface area contributed by atoms with Crippen molar-refractivity contribution in [1.82, 2.24) is 0 Å². The Balaban J connectivity index is 2.40. The molecule has 0 radical (unpaired) electrons. The van der Waals surface area contributed by atoms with Crippen LogP contribution in [0.1, 0.15) is 49.8 Å². The van der Waals surface area contributed by atoms with E-state index in [2.05, 4.69) is 13.8 Å². The van der Waals surface area contributed by atoms with Crippen molar-refractivity contribution in [2.75, 3.05) is 6.61 Å². The quantitative estimate of drug-likeness (QED) is 0.552. The summed E-state index contributed by atoms with van der Waals surface area (Å²) in [5.41, 5.74) is 3.35. The van der Waals surface area contributed by atoms with Crippen molar-refractivity contribution in [3.63, 3.8) is 0 Å². The first kappa shape index (κ1) is 18.8. The van der Waals surface area contributed by atoms with Crippen LogP contribution in [0.2, 0.25) is 0 Å². The number of hydrogen-bond acceptors (Lipinski definition) is 4. The molecule has 1 aliphatic carbocycles. The zero-order valence-corrected chi connectivity index (χ0v) is 14.5. The molecule has 2 unspecified atom stereocenters. The van der Waals surface area contributed by atoms with Crippen LogP contribution in [0.15, 0.2) is 29.8 Å². The number of aliphatic hydroxyl groups is 3. The molecule has 4 heteroatoms. The van der Waals surface area contributed by atoms with Crippen LogP contribution in [0.25, 0.3) is 0 Å². The summed E-state index contributed by atoms with van der Waals surface area (Å²) in [6.45, 7) is 4.16. The average Bonchev–Trinajstić information content (AvgIpc) is 2.83. The number of allylic oxidation sites excluding steroid dienone is 1. The molecule has 24 heavy (non-hydrogen) atoms. The SMILES string of the molecule is CC(C)(c1cc(CO)cc(CO)c1)C1CC(CO)=CCC(C=O)C1. The summed E-state index contributed by atoms with van der Waals surface area (Å²) < 4.78 is 0. The summed E-state index contributed by atoms with van der Waals surface area (Å²) in [7, 11) is 0. The van der Waals surface area contributed by atoms with Gasteiger partial charge in [0.1, 0.15) is 6.29 Å². The summed E-state index contributed by atoms with van der Waals surface area (Å²) in [6.07, 6.45) is 5.23. The second-order valence-electron chi connectivity index (χ2n) is 7.37. The molecule has 0 fully saturated rings. The molecule has 0 saturated heterocycles. The van der Waals surface area contributed by atoms with Gasteiger partial charge in [-0.3, -0.25) is 0 Å². The lowest BCUT2D eigenvalue weighted by molar-refractivity contribution is -0.111. The van der Waals surface area contributed by atoms with E-state index in [1.807, 2.05) is 18.2 Å². The van der Waals surface area contributed by atoms with E-state index in [4.69, 9.17) is 0 Å². The highest BCUT2D eigenvalue weighted by Gasteiger charge is 2.35. The first-order valence-corrected chi connectivity index (χ1v) is 8.53. The van der Waals surface area contributed by atoms with E-state index in [9.17, 15) is 20.1 Å². The maximum absolute atomic E-state index is 11.4. The molecule has 0 aromatic heterocycles. The van der Waals surface area contributed by atoms with Crippen LogP contribution in [0.3, 0.4) is 0 Å². The van der Waals surface area contributed by atoms with Crippen molar-refractivity contribution in [1.29, 1.82) is 0 Å². The molecule has 2 atom stereocenters. The van der Waals surface area contributed by atoms with E-state index in [-0.39, 0.29) is 37.1 Å². The number of hydrogen-bond donors (Lipinski definition) is 3. The smallest absolute Gasteiger partial charge is 0.123 e. The highest BCUT2D eigenvalue weighted by Crippen LogP contribution is 2.42. The molecule has 4 nitrogen and oxygen atoms in total. The molecular weight excluding hydrogens is 304 g/mol. The van der Waals surface area contributed by atoms with E-state index >= 15 is 0 Å². The van der Waals surface area contributed by atoms with Crippen LogP contribution >= 0.6 is 0 Å². The van der Waals surface area contributed by atoms with E-state index < -0.39 is 0 Å². The van der Waals surface area contributed by atoms with Gasteiger partial charge in [-0.1, -0.05) is 38.1 Å². The zero-order chi connectivity index (χ0) is 17.7. The zero-order valence-electron chi connectivity index (χ0n) is 14.5. The number of aliphatic hydroxyl groups excluding tert-OH is 3. The predicted molar refractivity (Wildman–Crippen MR) is 93.4 cm³/mol. The maximum Gasteiger partial charge on any atom is 0.123 e. The van der Waals surface area contributed by atoms with Gasteiger partial charge in [0.15, 0.2) is 0 Å². The van der Waals surface area contributed by atoms with Crippen molar-refractivity contribution in [2.45, 2.75) is 51.7 Å². The number of rotatable bonds is 6. The van der Waals surface area contributed by atoms with Gasteiger partial charge in [0.05, 0.1) is 19.8 Å². The van der Waals surface area contributed by atoms with E-state index in [1.54, 1.807) is 6.07 Å². The van der Waals surface area contributed by atoms with Gasteiger partial charge in [-0.05, 0) is 52.9 Å². The normalized spacial score (nSPS) is 22.0. The van der Waals surface area contributed by atoms with Crippen LogP contribution in [-0.2, 0) is 23.4 Å². The molecule has 0 bridgehead atoms. The second kappa shape index (κ2) is 8.06. The summed E-state index contributed by atoms with van der Waals surface area (Å²) in [6, 6.07) is 5.75. The first-order chi connectivity index (χ1) is 11.4. The molecule has 132 valence electrons. The Kier molecular flexibility index (Phi) is 6.33. The third-order valence-electron chi connectivity index (χ3n) is 5.38. The van der Waals surface area contributed by atoms with Crippen LogP contribution < -0.4 is 0 Å². The molecule has 2 rings (SSSR count). The Morgan fingerprint density at radius 2 is 1.71 bits per heavy atom. The molecule has 0 aliphatic heterocycles. The third kappa shape index (κ3) is 4.12. The van der Waals surface area contributed by atoms with Crippen molar-refractivity contribution >= 4 is 6.29 Å². The lowest BCUT2D eigenvalue weighted by Crippen LogP contribution is -2.31. The molecule has 1 aromatic carbocycles. The minimum Gasteiger partial charge on any atom is -0.392 e. The molecule has 3 N–H and O–H groups in total. The lowest BCUT2D eigenvalue weighted by atomic mass is 9.68. The van der Waals surface area contributed by atoms with Crippen LogP contribution in [-0.4, -0.2) is 28.2 Å². The van der Waals surface area contributed by atoms with E-state index in [0.29, 0.717) is 6.42 Å². The molecular formula is C20H28O4. The average molecular weight is 332 g/mol. The molecule has 0 amide bonds. The molecule has 1 aromatic rings. The highest BCUT2D eigenvalue weighted by atomic mass is 16.3. The van der Waals surface area contributed by atoms with Crippen LogP contribution in [0.5, 0.6) is 0 Å². The van der Waals surface area contributed by atoms with Crippen LogP contribution in [0, 0.1) is 11.8 Å². The van der Waals surface area contributed by atoms with Gasteiger partial charge in [0, 0.05) is 5.92 Å². The monoisotopic (exact) mass is 332 g/mol. The minimum atomic E-state index is -0.241. The lowest BCUT2D eigenvalue weighted by Gasteiger charge is -2.36. The van der Waals surface area contributed by atoms with Gasteiger partial charge in [-0.25, -0.2) is 0 Å². The number of benzene rings is 1. The minimum absolute atomic E-state index is 0.0245. The third-order valence-corrected chi connectivity index (χ3v) is 5.38. The Morgan fingerprint density at radius 3 is 2.21 bits per heavy atom. The largest absolute Gasteiger partial charge is 0.392 e. The topological polar surface area (TPSA) is 77.8 Å². The van der Waals surface area contributed by atoms with Crippen molar-refractivity contribution in [3.05, 3.63) is 46.5 Å². The van der Waals surface area contributed by atoms with Crippen molar-refractivity contribution < 1.29 is 20.1 Å². The van der Waals surface area contributed by atoms with Gasteiger partial charge < -0.3 is 20.1 Å². The van der Waals surface area contributed by atoms with Crippen molar-refractivity contribution in [2.24, 2.45) is 11.8 Å². The standard InChI is InChI=1S/C20H28O4/c1-20(2,19-8-16(12-23)5-17(9-19)13-24)18-6-14(10-21)3-4-15(7-18)11-22/h3,5,8-9,11,15,18,21,23-24H,4,6-7,10,12-13H2,1-2H3. The highest BCUT2D eigenvalue weighted by molar-refractivity contribution is 5.54. The Morgan fingerprint density at radius 1 is 1.08 bits per heavy atom. The number of aldehydes is 1. The second-order valence-corrected chi connectivity index (χ2v) is 7.37. The van der Waals surface area contributed by atoms with Crippen molar-refractivity contribution in [3.8, 4) is 0 Å². The fraction of sp³-hybridized carbons (Fsp3) is 0.550. The van der Waals surface area contributed by atoms with Gasteiger partial charge in [0.25, 0.3) is 0 Å². The Labute approximate surface area is 143 Å². The van der Waals surface area contributed by atoms with Gasteiger partial charge >= 0.3 is 0 Å². The maximum atomic E-state index is 11.4. The van der Waals surface area contributed by atoms with Crippen LogP contribution in [0.4, 0.5) is 0 Å². The number of carbonyl (C=O) groups is 1. The van der Waals surface area contributed by atoms with E-state index in [0.717, 1.165) is 41.4 Å². The summed E-state index contributed by atoms with van der Waals surface area (Å²) in [5, 5.41) is 28.6. The molecule has 1 aliphatic rings. The molecule has 0 spiro atoms. The summed E-state index contributed by atoms with van der Waals surface area (Å²) in [4.78, 5) is 11.4. The van der Waals surface area contributed by atoms with Gasteiger partial charge in [-0.15, -0.1) is 0 Å². The van der Waals surface area contributed by atoms with Gasteiger partial charge in [0.2, 0.25) is 0 Å². The van der Waals surface area contributed by atoms with E-state index in [1.165, 1.54) is 0 Å². The van der Waals surface area contributed by atoms with Gasteiger partial charge in [-0.2, -0.15) is 0 Å².